The molecule has 0 aliphatic rings. The fraction of sp³-hybridized carbons (Fsp3) is 0.250. The first-order valence-corrected chi connectivity index (χ1v) is 7.13. The Balaban J connectivity index is 2.30. The molecule has 0 saturated heterocycles. The van der Waals surface area contributed by atoms with Crippen molar-refractivity contribution in [1.29, 1.82) is 0 Å². The molecule has 0 N–H and O–H groups in total. The first-order chi connectivity index (χ1) is 9.10. The van der Waals surface area contributed by atoms with Gasteiger partial charge in [0, 0.05) is 10.6 Å². The van der Waals surface area contributed by atoms with Crippen molar-refractivity contribution in [3.63, 3.8) is 0 Å². The zero-order chi connectivity index (χ0) is 13.8. The van der Waals surface area contributed by atoms with Crippen molar-refractivity contribution >= 4 is 23.2 Å². The summed E-state index contributed by atoms with van der Waals surface area (Å²) in [6.07, 6.45) is 0. The molecule has 0 unspecified atom stereocenters. The van der Waals surface area contributed by atoms with Crippen LogP contribution in [0.5, 0.6) is 11.5 Å². The fourth-order valence-electron chi connectivity index (χ4n) is 1.80. The van der Waals surface area contributed by atoms with Crippen molar-refractivity contribution in [3.8, 4) is 11.5 Å². The van der Waals surface area contributed by atoms with Gasteiger partial charge in [0.25, 0.3) is 0 Å². The highest BCUT2D eigenvalue weighted by Crippen LogP contribution is 2.30. The molecule has 0 amide bonds. The second-order valence-corrected chi connectivity index (χ2v) is 5.42. The highest BCUT2D eigenvalue weighted by Gasteiger charge is 2.07. The van der Waals surface area contributed by atoms with Gasteiger partial charge in [-0.1, -0.05) is 43.6 Å². The monoisotopic (exact) mass is 294 g/mol. The summed E-state index contributed by atoms with van der Waals surface area (Å²) in [5, 5.41) is 0.642. The van der Waals surface area contributed by atoms with Crippen molar-refractivity contribution in [2.45, 2.75) is 25.6 Å². The zero-order valence-corrected chi connectivity index (χ0v) is 12.5. The van der Waals surface area contributed by atoms with Crippen LogP contribution in [-0.4, -0.2) is 0 Å². The minimum absolute atomic E-state index is 0.399. The molecule has 0 saturated carbocycles. The van der Waals surface area contributed by atoms with Crippen LogP contribution in [0.4, 0.5) is 0 Å². The van der Waals surface area contributed by atoms with Crippen LogP contribution in [0.3, 0.4) is 0 Å². The Labute approximate surface area is 124 Å². The first kappa shape index (κ1) is 14.2. The molecule has 100 valence electrons. The molecule has 1 nitrogen and oxygen atoms in total. The molecular formula is C16H16Cl2O. The van der Waals surface area contributed by atoms with E-state index in [1.54, 1.807) is 6.07 Å². The van der Waals surface area contributed by atoms with Gasteiger partial charge >= 0.3 is 0 Å². The zero-order valence-electron chi connectivity index (χ0n) is 11.0. The molecule has 0 atom stereocenters. The standard InChI is InChI=1S/C16H16Cl2O/c1-11(2)12-4-3-5-15(8-12)19-16-9-14(18)7-6-13(16)10-17/h3-9,11H,10H2,1-2H3. The summed E-state index contributed by atoms with van der Waals surface area (Å²) in [6, 6.07) is 13.6. The fourth-order valence-corrected chi connectivity index (χ4v) is 2.18. The molecular weight excluding hydrogens is 279 g/mol. The van der Waals surface area contributed by atoms with Crippen LogP contribution >= 0.6 is 23.2 Å². The topological polar surface area (TPSA) is 9.23 Å². The van der Waals surface area contributed by atoms with E-state index in [-0.39, 0.29) is 0 Å². The van der Waals surface area contributed by atoms with Gasteiger partial charge < -0.3 is 4.74 Å². The van der Waals surface area contributed by atoms with Gasteiger partial charge in [-0.05, 0) is 35.7 Å². The van der Waals surface area contributed by atoms with Crippen molar-refractivity contribution < 1.29 is 4.74 Å². The molecule has 0 radical (unpaired) electrons. The van der Waals surface area contributed by atoms with E-state index in [4.69, 9.17) is 27.9 Å². The summed E-state index contributed by atoms with van der Waals surface area (Å²) in [6.45, 7) is 4.31. The van der Waals surface area contributed by atoms with Crippen LogP contribution in [0.1, 0.15) is 30.9 Å². The maximum absolute atomic E-state index is 6.00. The third-order valence-corrected chi connectivity index (χ3v) is 3.45. The van der Waals surface area contributed by atoms with E-state index in [9.17, 15) is 0 Å². The second kappa shape index (κ2) is 6.31. The maximum Gasteiger partial charge on any atom is 0.133 e. The van der Waals surface area contributed by atoms with Crippen molar-refractivity contribution in [2.24, 2.45) is 0 Å². The lowest BCUT2D eigenvalue weighted by Gasteiger charge is -2.12. The normalized spacial score (nSPS) is 10.8. The Hall–Kier alpha value is -1.18. The number of hydrogen-bond donors (Lipinski definition) is 0. The third-order valence-electron chi connectivity index (χ3n) is 2.93. The Morgan fingerprint density at radius 3 is 2.58 bits per heavy atom. The summed E-state index contributed by atoms with van der Waals surface area (Å²) in [4.78, 5) is 0. The largest absolute Gasteiger partial charge is 0.457 e. The van der Waals surface area contributed by atoms with E-state index >= 15 is 0 Å². The maximum atomic E-state index is 6.00. The third kappa shape index (κ3) is 3.65. The SMILES string of the molecule is CC(C)c1cccc(Oc2cc(Cl)ccc2CCl)c1. The molecule has 0 aliphatic carbocycles. The van der Waals surface area contributed by atoms with Crippen LogP contribution in [-0.2, 0) is 5.88 Å². The number of rotatable bonds is 4. The van der Waals surface area contributed by atoms with Crippen molar-refractivity contribution in [1.82, 2.24) is 0 Å². The van der Waals surface area contributed by atoms with E-state index in [2.05, 4.69) is 19.9 Å². The minimum Gasteiger partial charge on any atom is -0.457 e. The van der Waals surface area contributed by atoms with E-state index in [0.717, 1.165) is 11.3 Å². The lowest BCUT2D eigenvalue weighted by molar-refractivity contribution is 0.477. The lowest BCUT2D eigenvalue weighted by Crippen LogP contribution is -1.92. The van der Waals surface area contributed by atoms with Gasteiger partial charge in [-0.15, -0.1) is 11.6 Å². The Morgan fingerprint density at radius 2 is 1.89 bits per heavy atom. The highest BCUT2D eigenvalue weighted by molar-refractivity contribution is 6.30. The van der Waals surface area contributed by atoms with Gasteiger partial charge in [-0.2, -0.15) is 0 Å². The van der Waals surface area contributed by atoms with Gasteiger partial charge in [0.15, 0.2) is 0 Å². The van der Waals surface area contributed by atoms with Crippen molar-refractivity contribution in [3.05, 3.63) is 58.6 Å². The van der Waals surface area contributed by atoms with Gasteiger partial charge in [0.2, 0.25) is 0 Å². The molecule has 0 aromatic heterocycles. The summed E-state index contributed by atoms with van der Waals surface area (Å²) in [5.41, 5.74) is 2.17. The van der Waals surface area contributed by atoms with Gasteiger partial charge in [-0.3, -0.25) is 0 Å². The molecule has 2 aromatic carbocycles. The van der Waals surface area contributed by atoms with Crippen LogP contribution in [0.2, 0.25) is 5.02 Å². The number of benzene rings is 2. The average Bonchev–Trinajstić information content (AvgIpc) is 2.39. The minimum atomic E-state index is 0.399. The quantitative estimate of drug-likeness (QED) is 0.629. The molecule has 0 fully saturated rings. The predicted molar refractivity (Wildman–Crippen MR) is 81.6 cm³/mol. The number of alkyl halides is 1. The Bertz CT molecular complexity index is 564. The molecule has 2 rings (SSSR count). The summed E-state index contributed by atoms with van der Waals surface area (Å²) < 4.78 is 5.90. The molecule has 0 bridgehead atoms. The van der Waals surface area contributed by atoms with Crippen LogP contribution in [0.15, 0.2) is 42.5 Å². The number of ether oxygens (including phenoxy) is 1. The molecule has 0 heterocycles. The van der Waals surface area contributed by atoms with Crippen LogP contribution in [0.25, 0.3) is 0 Å². The second-order valence-electron chi connectivity index (χ2n) is 4.71. The van der Waals surface area contributed by atoms with E-state index < -0.39 is 0 Å². The van der Waals surface area contributed by atoms with Crippen molar-refractivity contribution in [2.75, 3.05) is 0 Å². The van der Waals surface area contributed by atoms with Gasteiger partial charge in [0.05, 0.1) is 5.88 Å². The highest BCUT2D eigenvalue weighted by atomic mass is 35.5. The Kier molecular flexibility index (Phi) is 4.73. The van der Waals surface area contributed by atoms with E-state index in [0.29, 0.717) is 22.6 Å². The molecule has 19 heavy (non-hydrogen) atoms. The number of hydrogen-bond acceptors (Lipinski definition) is 1. The van der Waals surface area contributed by atoms with Gasteiger partial charge in [-0.25, -0.2) is 0 Å². The smallest absolute Gasteiger partial charge is 0.133 e. The van der Waals surface area contributed by atoms with E-state index in [1.165, 1.54) is 5.56 Å². The van der Waals surface area contributed by atoms with Crippen LogP contribution < -0.4 is 4.74 Å². The average molecular weight is 295 g/mol. The molecule has 0 aliphatic heterocycles. The van der Waals surface area contributed by atoms with Gasteiger partial charge in [0.1, 0.15) is 11.5 Å². The lowest BCUT2D eigenvalue weighted by atomic mass is 10.0. The molecule has 0 spiro atoms. The van der Waals surface area contributed by atoms with E-state index in [1.807, 2.05) is 30.3 Å². The summed E-state index contributed by atoms with van der Waals surface area (Å²) >= 11 is 11.9. The molecule has 3 heteroatoms. The summed E-state index contributed by atoms with van der Waals surface area (Å²) in [5.74, 6) is 2.38. The predicted octanol–water partition coefficient (Wildman–Crippen LogP) is 5.99. The first-order valence-electron chi connectivity index (χ1n) is 6.22. The summed E-state index contributed by atoms with van der Waals surface area (Å²) in [7, 11) is 0. The molecule has 2 aromatic rings. The number of halogens is 2. The Morgan fingerprint density at radius 1 is 1.11 bits per heavy atom. The van der Waals surface area contributed by atoms with Crippen LogP contribution in [0, 0.1) is 0 Å².